The van der Waals surface area contributed by atoms with Crippen LogP contribution in [0, 0.1) is 0 Å². The first-order chi connectivity index (χ1) is 11.1. The van der Waals surface area contributed by atoms with Gasteiger partial charge >= 0.3 is 0 Å². The van der Waals surface area contributed by atoms with Crippen LogP contribution in [0.15, 0.2) is 53.5 Å². The molecule has 1 aliphatic rings. The SMILES string of the molecule is COc1ccc(/C=C/C2=Nc3ccccc3C2(C)C)cc1OC. The monoisotopic (exact) mass is 307 g/mol. The number of hydrogen-bond donors (Lipinski definition) is 0. The fourth-order valence-electron chi connectivity index (χ4n) is 2.88. The Kier molecular flexibility index (Phi) is 3.95. The molecule has 0 amide bonds. The van der Waals surface area contributed by atoms with Crippen molar-refractivity contribution in [3.8, 4) is 11.5 Å². The molecule has 3 nitrogen and oxygen atoms in total. The van der Waals surface area contributed by atoms with Crippen LogP contribution in [-0.2, 0) is 5.41 Å². The van der Waals surface area contributed by atoms with Gasteiger partial charge in [0, 0.05) is 5.41 Å². The second-order valence-electron chi connectivity index (χ2n) is 6.09. The summed E-state index contributed by atoms with van der Waals surface area (Å²) in [7, 11) is 3.28. The normalized spacial score (nSPS) is 15.4. The zero-order valence-electron chi connectivity index (χ0n) is 14.0. The molecule has 3 rings (SSSR count). The van der Waals surface area contributed by atoms with Crippen LogP contribution in [-0.4, -0.2) is 19.9 Å². The van der Waals surface area contributed by atoms with E-state index in [1.54, 1.807) is 14.2 Å². The number of ether oxygens (including phenoxy) is 2. The average molecular weight is 307 g/mol. The highest BCUT2D eigenvalue weighted by Crippen LogP contribution is 2.40. The fourth-order valence-corrected chi connectivity index (χ4v) is 2.88. The summed E-state index contributed by atoms with van der Waals surface area (Å²) in [4.78, 5) is 4.77. The van der Waals surface area contributed by atoms with Crippen LogP contribution in [0.3, 0.4) is 0 Å². The summed E-state index contributed by atoms with van der Waals surface area (Å²) in [5, 5.41) is 0. The molecule has 23 heavy (non-hydrogen) atoms. The molecule has 0 fully saturated rings. The molecule has 0 N–H and O–H groups in total. The maximum absolute atomic E-state index is 5.35. The Hall–Kier alpha value is -2.55. The lowest BCUT2D eigenvalue weighted by atomic mass is 9.81. The number of benzene rings is 2. The molecule has 0 radical (unpaired) electrons. The van der Waals surface area contributed by atoms with E-state index in [0.717, 1.165) is 28.5 Å². The molecule has 0 aliphatic carbocycles. The maximum Gasteiger partial charge on any atom is 0.161 e. The fraction of sp³-hybridized carbons (Fsp3) is 0.250. The molecular formula is C20H21NO2. The largest absolute Gasteiger partial charge is 0.493 e. The maximum atomic E-state index is 5.35. The Morgan fingerprint density at radius 2 is 1.65 bits per heavy atom. The first-order valence-electron chi connectivity index (χ1n) is 7.65. The van der Waals surface area contributed by atoms with Crippen LogP contribution in [0.4, 0.5) is 5.69 Å². The minimum absolute atomic E-state index is 0.0797. The highest BCUT2D eigenvalue weighted by Gasteiger charge is 2.32. The molecule has 1 aliphatic heterocycles. The van der Waals surface area contributed by atoms with Crippen molar-refractivity contribution in [1.29, 1.82) is 0 Å². The van der Waals surface area contributed by atoms with Gasteiger partial charge in [-0.15, -0.1) is 0 Å². The van der Waals surface area contributed by atoms with Crippen LogP contribution in [0.25, 0.3) is 6.08 Å². The van der Waals surface area contributed by atoms with Gasteiger partial charge in [0.05, 0.1) is 25.6 Å². The lowest BCUT2D eigenvalue weighted by molar-refractivity contribution is 0.355. The molecule has 0 saturated heterocycles. The van der Waals surface area contributed by atoms with Gasteiger partial charge < -0.3 is 9.47 Å². The number of methoxy groups -OCH3 is 2. The molecular weight excluding hydrogens is 286 g/mol. The van der Waals surface area contributed by atoms with Crippen molar-refractivity contribution in [3.63, 3.8) is 0 Å². The van der Waals surface area contributed by atoms with Gasteiger partial charge in [-0.25, -0.2) is 0 Å². The third-order valence-electron chi connectivity index (χ3n) is 4.30. The molecule has 3 heteroatoms. The lowest BCUT2D eigenvalue weighted by Gasteiger charge is -2.20. The number of fused-ring (bicyclic) bond motifs is 1. The molecule has 2 aromatic rings. The molecule has 0 aromatic heterocycles. The summed E-state index contributed by atoms with van der Waals surface area (Å²) in [6.45, 7) is 4.41. The van der Waals surface area contributed by atoms with E-state index in [9.17, 15) is 0 Å². The number of aliphatic imine (C=N–C) groups is 1. The van der Waals surface area contributed by atoms with E-state index >= 15 is 0 Å². The summed E-state index contributed by atoms with van der Waals surface area (Å²) < 4.78 is 10.6. The second-order valence-corrected chi connectivity index (χ2v) is 6.09. The summed E-state index contributed by atoms with van der Waals surface area (Å²) in [6.07, 6.45) is 4.15. The van der Waals surface area contributed by atoms with E-state index in [1.807, 2.05) is 24.3 Å². The second kappa shape index (κ2) is 5.92. The van der Waals surface area contributed by atoms with Crippen molar-refractivity contribution in [3.05, 3.63) is 59.7 Å². The van der Waals surface area contributed by atoms with Crippen molar-refractivity contribution in [2.24, 2.45) is 4.99 Å². The highest BCUT2D eigenvalue weighted by atomic mass is 16.5. The average Bonchev–Trinajstić information content (AvgIpc) is 2.83. The van der Waals surface area contributed by atoms with E-state index in [4.69, 9.17) is 14.5 Å². The van der Waals surface area contributed by atoms with Crippen LogP contribution in [0.1, 0.15) is 25.0 Å². The van der Waals surface area contributed by atoms with Crippen LogP contribution >= 0.6 is 0 Å². The zero-order valence-corrected chi connectivity index (χ0v) is 14.0. The number of hydrogen-bond acceptors (Lipinski definition) is 3. The summed E-state index contributed by atoms with van der Waals surface area (Å²) in [5.74, 6) is 1.46. The predicted molar refractivity (Wildman–Crippen MR) is 95.1 cm³/mol. The van der Waals surface area contributed by atoms with Crippen molar-refractivity contribution in [1.82, 2.24) is 0 Å². The minimum Gasteiger partial charge on any atom is -0.493 e. The first-order valence-corrected chi connectivity index (χ1v) is 7.65. The van der Waals surface area contributed by atoms with Gasteiger partial charge in [-0.05, 0) is 35.4 Å². The number of allylic oxidation sites excluding steroid dienone is 1. The first kappa shape index (κ1) is 15.3. The Morgan fingerprint density at radius 1 is 0.913 bits per heavy atom. The molecule has 0 spiro atoms. The lowest BCUT2D eigenvalue weighted by Crippen LogP contribution is -2.23. The number of para-hydroxylation sites is 1. The molecule has 1 heterocycles. The molecule has 118 valence electrons. The predicted octanol–water partition coefficient (Wildman–Crippen LogP) is 4.78. The van der Waals surface area contributed by atoms with Gasteiger partial charge in [-0.3, -0.25) is 4.99 Å². The van der Waals surface area contributed by atoms with Crippen molar-refractivity contribution in [2.75, 3.05) is 14.2 Å². The van der Waals surface area contributed by atoms with Crippen molar-refractivity contribution in [2.45, 2.75) is 19.3 Å². The van der Waals surface area contributed by atoms with E-state index in [-0.39, 0.29) is 5.41 Å². The van der Waals surface area contributed by atoms with E-state index < -0.39 is 0 Å². The topological polar surface area (TPSA) is 30.8 Å². The standard InChI is InChI=1S/C20H21NO2/c1-20(2)15-7-5-6-8-16(15)21-19(20)12-10-14-9-11-17(22-3)18(13-14)23-4/h5-13H,1-4H3/b12-10+. The quantitative estimate of drug-likeness (QED) is 0.813. The van der Waals surface area contributed by atoms with Gasteiger partial charge in [-0.1, -0.05) is 44.2 Å². The Labute approximate surface area is 137 Å². The minimum atomic E-state index is -0.0797. The van der Waals surface area contributed by atoms with E-state index in [0.29, 0.717) is 0 Å². The van der Waals surface area contributed by atoms with Gasteiger partial charge in [-0.2, -0.15) is 0 Å². The van der Waals surface area contributed by atoms with Crippen molar-refractivity contribution >= 4 is 17.5 Å². The van der Waals surface area contributed by atoms with E-state index in [2.05, 4.69) is 44.2 Å². The van der Waals surface area contributed by atoms with Crippen LogP contribution in [0.5, 0.6) is 11.5 Å². The third-order valence-corrected chi connectivity index (χ3v) is 4.30. The molecule has 0 unspecified atom stereocenters. The Balaban J connectivity index is 1.90. The van der Waals surface area contributed by atoms with Gasteiger partial charge in [0.15, 0.2) is 11.5 Å². The smallest absolute Gasteiger partial charge is 0.161 e. The number of nitrogens with zero attached hydrogens (tertiary/aromatic N) is 1. The van der Waals surface area contributed by atoms with Gasteiger partial charge in [0.2, 0.25) is 0 Å². The van der Waals surface area contributed by atoms with Crippen LogP contribution < -0.4 is 9.47 Å². The number of rotatable bonds is 4. The van der Waals surface area contributed by atoms with E-state index in [1.165, 1.54) is 5.56 Å². The highest BCUT2D eigenvalue weighted by molar-refractivity contribution is 6.10. The third kappa shape index (κ3) is 2.74. The van der Waals surface area contributed by atoms with Crippen LogP contribution in [0.2, 0.25) is 0 Å². The van der Waals surface area contributed by atoms with Gasteiger partial charge in [0.1, 0.15) is 0 Å². The Bertz CT molecular complexity index is 788. The Morgan fingerprint density at radius 3 is 2.35 bits per heavy atom. The molecule has 0 saturated carbocycles. The molecule has 0 atom stereocenters. The van der Waals surface area contributed by atoms with Crippen molar-refractivity contribution < 1.29 is 9.47 Å². The molecule has 2 aromatic carbocycles. The summed E-state index contributed by atoms with van der Waals surface area (Å²) >= 11 is 0. The zero-order chi connectivity index (χ0) is 16.4. The summed E-state index contributed by atoms with van der Waals surface area (Å²) in [6, 6.07) is 14.2. The van der Waals surface area contributed by atoms with Gasteiger partial charge in [0.25, 0.3) is 0 Å². The molecule has 0 bridgehead atoms. The summed E-state index contributed by atoms with van der Waals surface area (Å²) in [5.41, 5.74) is 4.37.